The minimum absolute atomic E-state index is 0.679. The number of allylic oxidation sites excluding steroid dienone is 4. The number of fused-ring (bicyclic) bond motifs is 5. The summed E-state index contributed by atoms with van der Waals surface area (Å²) in [5, 5.41) is 2.48. The van der Waals surface area contributed by atoms with Crippen molar-refractivity contribution in [3.05, 3.63) is 117 Å². The zero-order valence-corrected chi connectivity index (χ0v) is 15.2. The molecule has 0 saturated heterocycles. The minimum Gasteiger partial charge on any atom is -0.361 e. The van der Waals surface area contributed by atoms with Gasteiger partial charge in [0.2, 0.25) is 0 Å². The van der Waals surface area contributed by atoms with Gasteiger partial charge in [-0.3, -0.25) is 0 Å². The van der Waals surface area contributed by atoms with Crippen LogP contribution in [0, 0.1) is 0 Å². The quantitative estimate of drug-likeness (QED) is 0.336. The lowest BCUT2D eigenvalue weighted by Gasteiger charge is -2.12. The van der Waals surface area contributed by atoms with E-state index in [0.29, 0.717) is 5.71 Å². The molecule has 0 N–H and O–H groups in total. The van der Waals surface area contributed by atoms with E-state index in [1.165, 1.54) is 32.7 Å². The summed E-state index contributed by atoms with van der Waals surface area (Å²) < 4.78 is 0. The molecule has 0 saturated carbocycles. The summed E-state index contributed by atoms with van der Waals surface area (Å²) in [6, 6.07) is 23.2. The molecule has 28 heavy (non-hydrogen) atoms. The lowest BCUT2D eigenvalue weighted by atomic mass is 9.89. The lowest BCUT2D eigenvalue weighted by molar-refractivity contribution is -0.00250. The van der Waals surface area contributed by atoms with Gasteiger partial charge in [-0.1, -0.05) is 72.8 Å². The Hall–Kier alpha value is -3.74. The van der Waals surface area contributed by atoms with Gasteiger partial charge >= 0.3 is 5.71 Å². The lowest BCUT2D eigenvalue weighted by Crippen LogP contribution is -2.29. The largest absolute Gasteiger partial charge is 0.361 e. The van der Waals surface area contributed by atoms with Crippen molar-refractivity contribution >= 4 is 22.9 Å². The molecule has 0 fully saturated rings. The first kappa shape index (κ1) is 15.3. The van der Waals surface area contributed by atoms with Crippen LogP contribution >= 0.6 is 0 Å². The molecular formula is C26H16N2. The van der Waals surface area contributed by atoms with Crippen molar-refractivity contribution in [1.82, 2.24) is 0 Å². The summed E-state index contributed by atoms with van der Waals surface area (Å²) >= 11 is 0. The van der Waals surface area contributed by atoms with Crippen molar-refractivity contribution in [3.63, 3.8) is 0 Å². The Labute approximate surface area is 162 Å². The van der Waals surface area contributed by atoms with E-state index >= 15 is 0 Å². The highest BCUT2D eigenvalue weighted by Gasteiger charge is 2.36. The average molecular weight is 356 g/mol. The highest BCUT2D eigenvalue weighted by molar-refractivity contribution is 6.29. The molecule has 0 unspecified atom stereocenters. The van der Waals surface area contributed by atoms with Gasteiger partial charge in [-0.2, -0.15) is 4.79 Å². The predicted octanol–water partition coefficient (Wildman–Crippen LogP) is 4.09. The Kier molecular flexibility index (Phi) is 3.08. The average Bonchev–Trinajstić information content (AvgIpc) is 3.29. The molecule has 0 aromatic heterocycles. The van der Waals surface area contributed by atoms with Crippen LogP contribution in [0.2, 0.25) is 0 Å². The van der Waals surface area contributed by atoms with Gasteiger partial charge in [-0.15, -0.1) is 0 Å². The zero-order valence-electron chi connectivity index (χ0n) is 15.2. The highest BCUT2D eigenvalue weighted by atomic mass is 14.9. The number of hydrogen-bond acceptors (Lipinski definition) is 0. The Bertz CT molecular complexity index is 1430. The highest BCUT2D eigenvalue weighted by Crippen LogP contribution is 2.40. The molecule has 3 aromatic carbocycles. The maximum atomic E-state index is 9.86. The second kappa shape index (κ2) is 5.63. The smallest absolute Gasteiger partial charge is 0.331 e. The van der Waals surface area contributed by atoms with Gasteiger partial charge < -0.3 is 5.53 Å². The summed E-state index contributed by atoms with van der Waals surface area (Å²) in [5.41, 5.74) is 19.9. The number of nitrogens with zero attached hydrogens (tertiary/aromatic N) is 2. The van der Waals surface area contributed by atoms with Crippen LogP contribution in [0.1, 0.15) is 23.1 Å². The first-order chi connectivity index (χ1) is 13.9. The number of benzene rings is 3. The molecule has 0 spiro atoms. The first-order valence-electron chi connectivity index (χ1n) is 9.53. The van der Waals surface area contributed by atoms with E-state index < -0.39 is 0 Å². The molecule has 130 valence electrons. The third-order valence-electron chi connectivity index (χ3n) is 5.97. The van der Waals surface area contributed by atoms with Crippen LogP contribution in [-0.2, 0) is 0 Å². The van der Waals surface area contributed by atoms with Gasteiger partial charge in [0.15, 0.2) is 0 Å². The van der Waals surface area contributed by atoms with Crippen molar-refractivity contribution in [1.29, 1.82) is 0 Å². The van der Waals surface area contributed by atoms with E-state index in [9.17, 15) is 5.53 Å². The summed E-state index contributed by atoms with van der Waals surface area (Å²) in [6.45, 7) is 0. The fourth-order valence-electron chi connectivity index (χ4n) is 4.79. The molecule has 3 aliphatic rings. The molecule has 0 aliphatic heterocycles. The molecule has 2 heteroatoms. The molecule has 0 heterocycles. The third kappa shape index (κ3) is 1.93. The van der Waals surface area contributed by atoms with Crippen molar-refractivity contribution < 1.29 is 4.79 Å². The van der Waals surface area contributed by atoms with E-state index in [1.54, 1.807) is 0 Å². The molecule has 3 aromatic rings. The molecule has 0 radical (unpaired) electrons. The Balaban J connectivity index is 1.72. The molecular weight excluding hydrogens is 340 g/mol. The summed E-state index contributed by atoms with van der Waals surface area (Å²) in [7, 11) is 0. The van der Waals surface area contributed by atoms with Crippen molar-refractivity contribution in [2.45, 2.75) is 6.42 Å². The fraction of sp³-hybridized carbons (Fsp3) is 0.0385. The number of hydrogen-bond donors (Lipinski definition) is 0. The molecule has 0 amide bonds. The van der Waals surface area contributed by atoms with Crippen LogP contribution in [0.25, 0.3) is 33.9 Å². The monoisotopic (exact) mass is 356 g/mol. The number of rotatable bonds is 0. The van der Waals surface area contributed by atoms with Crippen molar-refractivity contribution in [2.24, 2.45) is 0 Å². The Morgan fingerprint density at radius 3 is 2.36 bits per heavy atom. The topological polar surface area (TPSA) is 36.4 Å². The van der Waals surface area contributed by atoms with E-state index in [1.807, 2.05) is 18.2 Å². The maximum absolute atomic E-state index is 9.86. The van der Waals surface area contributed by atoms with Gasteiger partial charge in [0.05, 0.1) is 11.1 Å². The Morgan fingerprint density at radius 1 is 0.750 bits per heavy atom. The van der Waals surface area contributed by atoms with E-state index in [0.717, 1.165) is 28.7 Å². The normalized spacial score (nSPS) is 17.5. The molecule has 3 aliphatic carbocycles. The summed E-state index contributed by atoms with van der Waals surface area (Å²) in [5.74, 6) is 0. The standard InChI is InChI=1S/C26H16N2/c27-28-26-23-10-4-3-9-19(23)21-13-6-14-22(25(21)26)20-12-5-11-18-17-8-2-1-7-16(17)15-24(18)20/h1-13,15H,14H2. The van der Waals surface area contributed by atoms with Gasteiger partial charge in [0.25, 0.3) is 0 Å². The second-order valence-corrected chi connectivity index (χ2v) is 7.37. The van der Waals surface area contributed by atoms with E-state index in [4.69, 9.17) is 0 Å². The van der Waals surface area contributed by atoms with Crippen LogP contribution in [0.15, 0.2) is 84.5 Å². The van der Waals surface area contributed by atoms with Gasteiger partial charge in [0, 0.05) is 0 Å². The van der Waals surface area contributed by atoms with E-state index in [-0.39, 0.29) is 0 Å². The zero-order chi connectivity index (χ0) is 18.7. The third-order valence-corrected chi connectivity index (χ3v) is 5.97. The molecule has 6 rings (SSSR count). The first-order valence-corrected chi connectivity index (χ1v) is 9.53. The summed E-state index contributed by atoms with van der Waals surface area (Å²) in [4.78, 5) is 3.72. The van der Waals surface area contributed by atoms with Crippen molar-refractivity contribution in [2.75, 3.05) is 0 Å². The SMILES string of the molecule is [N-]=[N+]=C1C2=C(C=CCC2=c2cccc3c2=Cc2ccccc2-3)c2ccccc21. The van der Waals surface area contributed by atoms with Crippen LogP contribution in [0.5, 0.6) is 0 Å². The van der Waals surface area contributed by atoms with Crippen LogP contribution in [0.4, 0.5) is 0 Å². The predicted molar refractivity (Wildman–Crippen MR) is 113 cm³/mol. The Morgan fingerprint density at radius 2 is 1.50 bits per heavy atom. The fourth-order valence-corrected chi connectivity index (χ4v) is 4.79. The van der Waals surface area contributed by atoms with Gasteiger partial charge in [-0.05, 0) is 62.4 Å². The second-order valence-electron chi connectivity index (χ2n) is 7.37. The van der Waals surface area contributed by atoms with Crippen molar-refractivity contribution in [3.8, 4) is 11.1 Å². The maximum Gasteiger partial charge on any atom is 0.331 e. The van der Waals surface area contributed by atoms with Gasteiger partial charge in [-0.25, -0.2) is 0 Å². The summed E-state index contributed by atoms with van der Waals surface area (Å²) in [6.07, 6.45) is 7.49. The molecule has 0 bridgehead atoms. The van der Waals surface area contributed by atoms with Crippen LogP contribution in [0.3, 0.4) is 0 Å². The van der Waals surface area contributed by atoms with E-state index in [2.05, 4.69) is 71.5 Å². The van der Waals surface area contributed by atoms with Crippen LogP contribution < -0.4 is 10.4 Å². The minimum atomic E-state index is 0.679. The molecule has 2 nitrogen and oxygen atoms in total. The van der Waals surface area contributed by atoms with Gasteiger partial charge in [0.1, 0.15) is 0 Å². The molecule has 0 atom stereocenters. The van der Waals surface area contributed by atoms with Crippen LogP contribution in [-0.4, -0.2) is 10.5 Å².